The second kappa shape index (κ2) is 7.70. The third-order valence-corrected chi connectivity index (χ3v) is 4.56. The summed E-state index contributed by atoms with van der Waals surface area (Å²) in [5.41, 5.74) is 1.91. The lowest BCUT2D eigenvalue weighted by Gasteiger charge is -2.22. The number of nitro groups is 2. The number of aromatic nitrogens is 1. The Morgan fingerprint density at radius 1 is 0.846 bits per heavy atom. The first-order valence-electron chi connectivity index (χ1n) is 7.64. The summed E-state index contributed by atoms with van der Waals surface area (Å²) >= 11 is 1.48. The summed E-state index contributed by atoms with van der Waals surface area (Å²) in [6, 6.07) is 12.8. The molecule has 132 valence electrons. The molecule has 26 heavy (non-hydrogen) atoms. The van der Waals surface area contributed by atoms with E-state index in [4.69, 9.17) is 0 Å². The fourth-order valence-corrected chi connectivity index (χ4v) is 3.09. The van der Waals surface area contributed by atoms with Crippen molar-refractivity contribution in [2.75, 3.05) is 4.90 Å². The summed E-state index contributed by atoms with van der Waals surface area (Å²) < 4.78 is 0. The van der Waals surface area contributed by atoms with Gasteiger partial charge in [-0.3, -0.25) is 20.2 Å². The Kier molecular flexibility index (Phi) is 5.18. The van der Waals surface area contributed by atoms with E-state index in [1.165, 1.54) is 35.6 Å². The smallest absolute Gasteiger partial charge is 0.269 e. The molecule has 8 nitrogen and oxygen atoms in total. The molecule has 0 saturated carbocycles. The van der Waals surface area contributed by atoms with Crippen molar-refractivity contribution in [1.29, 1.82) is 0 Å². The highest BCUT2D eigenvalue weighted by Crippen LogP contribution is 2.24. The monoisotopic (exact) mass is 370 g/mol. The largest absolute Gasteiger partial charge is 0.339 e. The van der Waals surface area contributed by atoms with E-state index < -0.39 is 9.85 Å². The quantitative estimate of drug-likeness (QED) is 0.457. The van der Waals surface area contributed by atoms with Gasteiger partial charge >= 0.3 is 0 Å². The van der Waals surface area contributed by atoms with E-state index in [2.05, 4.69) is 4.98 Å². The van der Waals surface area contributed by atoms with Gasteiger partial charge in [0.2, 0.25) is 0 Å². The van der Waals surface area contributed by atoms with Crippen LogP contribution in [0.1, 0.15) is 11.1 Å². The van der Waals surface area contributed by atoms with Crippen LogP contribution in [-0.2, 0) is 13.1 Å². The standard InChI is InChI=1S/C17H14N4O4S/c22-20(23)15-5-1-13(2-6-15)11-19(17-18-9-10-26-17)12-14-3-7-16(8-4-14)21(24)25/h1-10H,11-12H2. The van der Waals surface area contributed by atoms with E-state index in [1.807, 2.05) is 10.3 Å². The van der Waals surface area contributed by atoms with E-state index in [0.717, 1.165) is 16.3 Å². The Morgan fingerprint density at radius 3 is 1.65 bits per heavy atom. The summed E-state index contributed by atoms with van der Waals surface area (Å²) in [6.45, 7) is 1.03. The number of hydrogen-bond donors (Lipinski definition) is 0. The van der Waals surface area contributed by atoms with Crippen LogP contribution in [0.5, 0.6) is 0 Å². The van der Waals surface area contributed by atoms with E-state index >= 15 is 0 Å². The van der Waals surface area contributed by atoms with Crippen molar-refractivity contribution in [2.45, 2.75) is 13.1 Å². The van der Waals surface area contributed by atoms with Crippen molar-refractivity contribution >= 4 is 27.8 Å². The van der Waals surface area contributed by atoms with Crippen molar-refractivity contribution in [3.8, 4) is 0 Å². The normalized spacial score (nSPS) is 10.5. The van der Waals surface area contributed by atoms with E-state index in [1.54, 1.807) is 30.5 Å². The molecule has 0 unspecified atom stereocenters. The fourth-order valence-electron chi connectivity index (χ4n) is 2.45. The second-order valence-electron chi connectivity index (χ2n) is 5.52. The lowest BCUT2D eigenvalue weighted by atomic mass is 10.1. The zero-order valence-electron chi connectivity index (χ0n) is 13.5. The molecule has 0 amide bonds. The number of hydrogen-bond acceptors (Lipinski definition) is 7. The molecule has 0 aliphatic heterocycles. The Balaban J connectivity index is 1.79. The van der Waals surface area contributed by atoms with Gasteiger partial charge in [-0.1, -0.05) is 24.3 Å². The molecule has 1 aromatic heterocycles. The van der Waals surface area contributed by atoms with Gasteiger partial charge in [0.1, 0.15) is 0 Å². The number of nitrogens with zero attached hydrogens (tertiary/aromatic N) is 4. The number of thiazole rings is 1. The van der Waals surface area contributed by atoms with Crippen LogP contribution in [0.4, 0.5) is 16.5 Å². The first-order chi connectivity index (χ1) is 12.5. The minimum atomic E-state index is -0.431. The molecule has 9 heteroatoms. The van der Waals surface area contributed by atoms with Crippen molar-refractivity contribution in [3.63, 3.8) is 0 Å². The van der Waals surface area contributed by atoms with Crippen LogP contribution >= 0.6 is 11.3 Å². The Morgan fingerprint density at radius 2 is 1.31 bits per heavy atom. The molecule has 0 N–H and O–H groups in total. The number of non-ortho nitro benzene ring substituents is 2. The molecule has 0 atom stereocenters. The summed E-state index contributed by atoms with van der Waals surface area (Å²) in [7, 11) is 0. The van der Waals surface area contributed by atoms with Crippen LogP contribution in [0, 0.1) is 20.2 Å². The minimum absolute atomic E-state index is 0.0462. The predicted molar refractivity (Wildman–Crippen MR) is 98.2 cm³/mol. The van der Waals surface area contributed by atoms with Gasteiger partial charge in [0, 0.05) is 48.9 Å². The SMILES string of the molecule is O=[N+]([O-])c1ccc(CN(Cc2ccc([N+](=O)[O-])cc2)c2nccs2)cc1. The van der Waals surface area contributed by atoms with Gasteiger partial charge in [-0.2, -0.15) is 0 Å². The highest BCUT2D eigenvalue weighted by molar-refractivity contribution is 7.13. The molecule has 3 aromatic rings. The first kappa shape index (κ1) is 17.5. The first-order valence-corrected chi connectivity index (χ1v) is 8.52. The maximum atomic E-state index is 10.8. The highest BCUT2D eigenvalue weighted by atomic mass is 32.1. The van der Waals surface area contributed by atoms with Crippen LogP contribution < -0.4 is 4.90 Å². The molecule has 2 aromatic carbocycles. The zero-order valence-corrected chi connectivity index (χ0v) is 14.3. The lowest BCUT2D eigenvalue weighted by molar-refractivity contribution is -0.385. The zero-order chi connectivity index (χ0) is 18.5. The van der Waals surface area contributed by atoms with Gasteiger partial charge in [-0.15, -0.1) is 11.3 Å². The van der Waals surface area contributed by atoms with E-state index in [9.17, 15) is 20.2 Å². The van der Waals surface area contributed by atoms with Crippen LogP contribution in [0.15, 0.2) is 60.1 Å². The van der Waals surface area contributed by atoms with Gasteiger partial charge in [-0.25, -0.2) is 4.98 Å². The van der Waals surface area contributed by atoms with Crippen molar-refractivity contribution in [3.05, 3.63) is 91.5 Å². The molecule has 3 rings (SSSR count). The Hall–Kier alpha value is -3.33. The lowest BCUT2D eigenvalue weighted by Crippen LogP contribution is -2.21. The molecule has 0 bridgehead atoms. The molecule has 0 aliphatic rings. The van der Waals surface area contributed by atoms with Gasteiger partial charge in [0.05, 0.1) is 9.85 Å². The number of benzene rings is 2. The Bertz CT molecular complexity index is 836. The average molecular weight is 370 g/mol. The second-order valence-corrected chi connectivity index (χ2v) is 6.39. The number of anilines is 1. The average Bonchev–Trinajstić information content (AvgIpc) is 3.16. The summed E-state index contributed by atoms with van der Waals surface area (Å²) in [5.74, 6) is 0. The molecule has 1 heterocycles. The van der Waals surface area contributed by atoms with Crippen LogP contribution in [-0.4, -0.2) is 14.8 Å². The van der Waals surface area contributed by atoms with E-state index in [0.29, 0.717) is 13.1 Å². The summed E-state index contributed by atoms with van der Waals surface area (Å²) in [6.07, 6.45) is 1.71. The molecule has 0 fully saturated rings. The van der Waals surface area contributed by atoms with Gasteiger partial charge in [0.25, 0.3) is 11.4 Å². The molecule has 0 saturated heterocycles. The molecule has 0 spiro atoms. The number of nitro benzene ring substituents is 2. The summed E-state index contributed by atoms with van der Waals surface area (Å²) in [4.78, 5) is 27.0. The maximum Gasteiger partial charge on any atom is 0.269 e. The summed E-state index contributed by atoms with van der Waals surface area (Å²) in [5, 5.41) is 24.2. The molecule has 0 aliphatic carbocycles. The van der Waals surface area contributed by atoms with Gasteiger partial charge in [-0.05, 0) is 11.1 Å². The third kappa shape index (κ3) is 4.19. The van der Waals surface area contributed by atoms with Gasteiger partial charge in [0.15, 0.2) is 5.13 Å². The van der Waals surface area contributed by atoms with Crippen LogP contribution in [0.2, 0.25) is 0 Å². The van der Waals surface area contributed by atoms with Crippen molar-refractivity contribution in [2.24, 2.45) is 0 Å². The van der Waals surface area contributed by atoms with Crippen molar-refractivity contribution in [1.82, 2.24) is 4.98 Å². The molecule has 0 radical (unpaired) electrons. The van der Waals surface area contributed by atoms with Crippen LogP contribution in [0.25, 0.3) is 0 Å². The molecular weight excluding hydrogens is 356 g/mol. The fraction of sp³-hybridized carbons (Fsp3) is 0.118. The maximum absolute atomic E-state index is 10.8. The number of rotatable bonds is 7. The Labute approximate surface area is 152 Å². The van der Waals surface area contributed by atoms with E-state index in [-0.39, 0.29) is 11.4 Å². The highest BCUT2D eigenvalue weighted by Gasteiger charge is 2.13. The van der Waals surface area contributed by atoms with Crippen molar-refractivity contribution < 1.29 is 9.85 Å². The topological polar surface area (TPSA) is 102 Å². The van der Waals surface area contributed by atoms with Gasteiger partial charge < -0.3 is 4.90 Å². The van der Waals surface area contributed by atoms with Crippen LogP contribution in [0.3, 0.4) is 0 Å². The molecular formula is C17H14N4O4S. The third-order valence-electron chi connectivity index (χ3n) is 3.73. The predicted octanol–water partition coefficient (Wildman–Crippen LogP) is 4.17. The minimum Gasteiger partial charge on any atom is -0.339 e.